The van der Waals surface area contributed by atoms with E-state index in [1.54, 1.807) is 35.6 Å². The number of carbonyl (C=O) groups excluding carboxylic acids is 3. The Labute approximate surface area is 202 Å². The van der Waals surface area contributed by atoms with Crippen LogP contribution in [0.4, 0.5) is 5.69 Å². The number of nitrogens with one attached hydrogen (secondary N) is 2. The minimum absolute atomic E-state index is 0.0288. The average molecular weight is 485 g/mol. The van der Waals surface area contributed by atoms with Crippen molar-refractivity contribution in [2.75, 3.05) is 18.4 Å². The molecule has 0 saturated heterocycles. The molecule has 2 atom stereocenters. The van der Waals surface area contributed by atoms with Crippen molar-refractivity contribution in [2.24, 2.45) is 10.9 Å². The highest BCUT2D eigenvalue weighted by atomic mass is 32.2. The summed E-state index contributed by atoms with van der Waals surface area (Å²) in [4.78, 5) is 45.0. The summed E-state index contributed by atoms with van der Waals surface area (Å²) in [5, 5.41) is 8.17. The first-order chi connectivity index (χ1) is 16.0. The lowest BCUT2D eigenvalue weighted by Gasteiger charge is -2.19. The minimum atomic E-state index is -0.517. The fourth-order valence-electron chi connectivity index (χ4n) is 3.80. The highest BCUT2D eigenvalue weighted by Gasteiger charge is 2.34. The summed E-state index contributed by atoms with van der Waals surface area (Å²) in [7, 11) is 0. The second kappa shape index (κ2) is 10.5. The Hall–Kier alpha value is -2.65. The average Bonchev–Trinajstić information content (AvgIpc) is 3.38. The van der Waals surface area contributed by atoms with Gasteiger partial charge in [0.25, 0.3) is 11.8 Å². The van der Waals surface area contributed by atoms with Gasteiger partial charge in [-0.3, -0.25) is 14.4 Å². The summed E-state index contributed by atoms with van der Waals surface area (Å²) >= 11 is 2.99. The van der Waals surface area contributed by atoms with E-state index in [0.29, 0.717) is 22.3 Å². The van der Waals surface area contributed by atoms with Gasteiger partial charge < -0.3 is 15.5 Å². The van der Waals surface area contributed by atoms with Gasteiger partial charge in [0.15, 0.2) is 5.17 Å². The normalized spacial score (nSPS) is 18.5. The number of aliphatic imine (C=N–C) groups is 1. The van der Waals surface area contributed by atoms with Crippen LogP contribution in [0.1, 0.15) is 54.4 Å². The van der Waals surface area contributed by atoms with Crippen molar-refractivity contribution in [3.8, 4) is 0 Å². The van der Waals surface area contributed by atoms with E-state index in [2.05, 4.69) is 21.7 Å². The van der Waals surface area contributed by atoms with Gasteiger partial charge in [-0.25, -0.2) is 0 Å². The number of amidine groups is 1. The van der Waals surface area contributed by atoms with Crippen LogP contribution in [0.5, 0.6) is 0 Å². The molecule has 1 aliphatic carbocycles. The molecule has 1 aliphatic heterocycles. The molecule has 2 aromatic rings. The van der Waals surface area contributed by atoms with E-state index in [9.17, 15) is 14.4 Å². The lowest BCUT2D eigenvalue weighted by Crippen LogP contribution is -2.29. The van der Waals surface area contributed by atoms with Crippen LogP contribution in [0, 0.1) is 5.92 Å². The molecule has 2 aliphatic rings. The molecule has 7 nitrogen and oxygen atoms in total. The van der Waals surface area contributed by atoms with Crippen molar-refractivity contribution in [1.29, 1.82) is 0 Å². The fraction of sp³-hybridized carbons (Fsp3) is 0.417. The van der Waals surface area contributed by atoms with Gasteiger partial charge in [0.2, 0.25) is 5.91 Å². The maximum Gasteiger partial charge on any atom is 0.262 e. The fourth-order valence-corrected chi connectivity index (χ4v) is 5.86. The lowest BCUT2D eigenvalue weighted by molar-refractivity contribution is -0.121. The monoisotopic (exact) mass is 484 g/mol. The number of nitrogens with zero attached hydrogens (tertiary/aromatic N) is 2. The van der Waals surface area contributed by atoms with Crippen molar-refractivity contribution in [2.45, 2.75) is 44.4 Å². The molecule has 4 rings (SSSR count). The molecule has 174 valence electrons. The molecule has 33 heavy (non-hydrogen) atoms. The van der Waals surface area contributed by atoms with Gasteiger partial charge in [0.1, 0.15) is 5.25 Å². The molecule has 0 bridgehead atoms. The predicted octanol–water partition coefficient (Wildman–Crippen LogP) is 4.30. The van der Waals surface area contributed by atoms with Gasteiger partial charge in [0.05, 0.1) is 6.04 Å². The molecule has 1 fully saturated rings. The third-order valence-corrected chi connectivity index (χ3v) is 7.94. The third-order valence-electron chi connectivity index (χ3n) is 5.77. The number of rotatable bonds is 9. The van der Waals surface area contributed by atoms with E-state index < -0.39 is 5.25 Å². The topological polar surface area (TPSA) is 90.9 Å². The summed E-state index contributed by atoms with van der Waals surface area (Å²) in [6, 6.07) is 11.0. The number of hydrogen-bond donors (Lipinski definition) is 2. The molecule has 2 N–H and O–H groups in total. The van der Waals surface area contributed by atoms with E-state index in [4.69, 9.17) is 0 Å². The summed E-state index contributed by atoms with van der Waals surface area (Å²) in [5.41, 5.74) is 1.03. The third kappa shape index (κ3) is 5.83. The first-order valence-corrected chi connectivity index (χ1v) is 13.0. The molecule has 1 aromatic carbocycles. The number of amides is 3. The largest absolute Gasteiger partial charge is 0.352 e. The second-order valence-corrected chi connectivity index (χ2v) is 10.3. The van der Waals surface area contributed by atoms with Crippen molar-refractivity contribution >= 4 is 51.7 Å². The zero-order chi connectivity index (χ0) is 23.4. The number of anilines is 1. The van der Waals surface area contributed by atoms with E-state index in [1.165, 1.54) is 16.6 Å². The molecule has 3 amide bonds. The molecular weight excluding hydrogens is 456 g/mol. The van der Waals surface area contributed by atoms with Crippen LogP contribution in [0.25, 0.3) is 0 Å². The maximum absolute atomic E-state index is 12.9. The van der Waals surface area contributed by atoms with Crippen molar-refractivity contribution in [3.63, 3.8) is 0 Å². The molecule has 1 aromatic heterocycles. The first-order valence-electron chi connectivity index (χ1n) is 11.3. The van der Waals surface area contributed by atoms with Crippen LogP contribution in [0.15, 0.2) is 46.8 Å². The maximum atomic E-state index is 12.9. The minimum Gasteiger partial charge on any atom is -0.352 e. The lowest BCUT2D eigenvalue weighted by atomic mass is 10.1. The molecule has 2 heterocycles. The van der Waals surface area contributed by atoms with Crippen LogP contribution < -0.4 is 10.6 Å². The summed E-state index contributed by atoms with van der Waals surface area (Å²) < 4.78 is 0. The SMILES string of the molecule is CCN(CC)C1=NC(=O)[C@@H](CC(=O)Nc2cccc(C(=O)N[C@@H](c3cccs3)C3CC3)c2)S1. The van der Waals surface area contributed by atoms with Crippen LogP contribution >= 0.6 is 23.1 Å². The molecule has 0 unspecified atom stereocenters. The Kier molecular flexibility index (Phi) is 7.49. The van der Waals surface area contributed by atoms with Crippen LogP contribution in [-0.2, 0) is 9.59 Å². The van der Waals surface area contributed by atoms with E-state index in [-0.39, 0.29) is 30.2 Å². The predicted molar refractivity (Wildman–Crippen MR) is 134 cm³/mol. The summed E-state index contributed by atoms with van der Waals surface area (Å²) in [5.74, 6) is -0.218. The molecule has 1 saturated carbocycles. The van der Waals surface area contributed by atoms with Gasteiger partial charge in [-0.1, -0.05) is 23.9 Å². The summed E-state index contributed by atoms with van der Waals surface area (Å²) in [6.07, 6.45) is 2.28. The zero-order valence-electron chi connectivity index (χ0n) is 18.7. The van der Waals surface area contributed by atoms with Gasteiger partial charge in [-0.15, -0.1) is 11.3 Å². The Morgan fingerprint density at radius 3 is 2.64 bits per heavy atom. The van der Waals surface area contributed by atoms with Crippen molar-refractivity contribution in [1.82, 2.24) is 10.2 Å². The summed E-state index contributed by atoms with van der Waals surface area (Å²) in [6.45, 7) is 5.54. The van der Waals surface area contributed by atoms with E-state index in [1.807, 2.05) is 30.2 Å². The number of thioether (sulfide) groups is 1. The molecule has 0 radical (unpaired) electrons. The van der Waals surface area contributed by atoms with Gasteiger partial charge in [0, 0.05) is 35.6 Å². The van der Waals surface area contributed by atoms with Crippen LogP contribution in [0.3, 0.4) is 0 Å². The first kappa shape index (κ1) is 23.5. The Morgan fingerprint density at radius 2 is 1.97 bits per heavy atom. The number of carbonyl (C=O) groups is 3. The van der Waals surface area contributed by atoms with Gasteiger partial charge >= 0.3 is 0 Å². The van der Waals surface area contributed by atoms with E-state index >= 15 is 0 Å². The number of benzene rings is 1. The highest BCUT2D eigenvalue weighted by Crippen LogP contribution is 2.42. The quantitative estimate of drug-likeness (QED) is 0.554. The van der Waals surface area contributed by atoms with E-state index in [0.717, 1.165) is 25.9 Å². The molecular formula is C24H28N4O3S2. The zero-order valence-corrected chi connectivity index (χ0v) is 20.4. The standard InChI is InChI=1S/C24H28N4O3S2/c1-3-28(4-2)24-27-23(31)19(33-24)14-20(29)25-17-8-5-7-16(13-17)22(30)26-21(15-10-11-15)18-9-6-12-32-18/h5-9,12-13,15,19,21H,3-4,10-11,14H2,1-2H3,(H,25,29)(H,26,30)/t19-,21-/m1/s1. The Morgan fingerprint density at radius 1 is 1.18 bits per heavy atom. The van der Waals surface area contributed by atoms with Gasteiger partial charge in [-0.05, 0) is 62.3 Å². The van der Waals surface area contributed by atoms with Crippen LogP contribution in [0.2, 0.25) is 0 Å². The van der Waals surface area contributed by atoms with Crippen LogP contribution in [-0.4, -0.2) is 46.1 Å². The molecule has 9 heteroatoms. The Balaban J connectivity index is 1.35. The van der Waals surface area contributed by atoms with Gasteiger partial charge in [-0.2, -0.15) is 4.99 Å². The highest BCUT2D eigenvalue weighted by molar-refractivity contribution is 8.15. The van der Waals surface area contributed by atoms with Crippen molar-refractivity contribution in [3.05, 3.63) is 52.2 Å². The Bertz CT molecular complexity index is 1050. The smallest absolute Gasteiger partial charge is 0.262 e. The molecule has 0 spiro atoms. The number of thiophene rings is 1. The van der Waals surface area contributed by atoms with Crippen molar-refractivity contribution < 1.29 is 14.4 Å². The number of hydrogen-bond acceptors (Lipinski definition) is 6. The second-order valence-electron chi connectivity index (χ2n) is 8.15.